The summed E-state index contributed by atoms with van der Waals surface area (Å²) in [7, 11) is 1.36. The Morgan fingerprint density at radius 1 is 1.53 bits per heavy atom. The first-order valence-electron chi connectivity index (χ1n) is 4.94. The highest BCUT2D eigenvalue weighted by molar-refractivity contribution is 9.09. The molecule has 0 amide bonds. The number of esters is 1. The molecule has 0 N–H and O–H groups in total. The lowest BCUT2D eigenvalue weighted by Gasteiger charge is -2.00. The Hall–Kier alpha value is -0.840. The van der Waals surface area contributed by atoms with E-state index in [1.54, 1.807) is 12.5 Å². The number of carbonyl (C=O) groups excluding carboxylic acids is 1. The summed E-state index contributed by atoms with van der Waals surface area (Å²) >= 11 is 3.39. The fraction of sp³-hybridized carbons (Fsp3) is 0.600. The van der Waals surface area contributed by atoms with Gasteiger partial charge in [-0.15, -0.1) is 0 Å². The van der Waals surface area contributed by atoms with Crippen molar-refractivity contribution in [3.8, 4) is 0 Å². The van der Waals surface area contributed by atoms with Gasteiger partial charge in [0.1, 0.15) is 0 Å². The average Bonchev–Trinajstić information content (AvgIpc) is 2.72. The van der Waals surface area contributed by atoms with Gasteiger partial charge >= 0.3 is 5.97 Å². The lowest BCUT2D eigenvalue weighted by atomic mass is 10.2. The molecule has 5 heteroatoms. The average molecular weight is 275 g/mol. The quantitative estimate of drug-likeness (QED) is 0.454. The summed E-state index contributed by atoms with van der Waals surface area (Å²) in [6.07, 6.45) is 6.85. The van der Waals surface area contributed by atoms with Crippen LogP contribution in [0, 0.1) is 0 Å². The maximum atomic E-state index is 11.1. The van der Waals surface area contributed by atoms with Crippen LogP contribution in [0.15, 0.2) is 12.5 Å². The molecule has 1 heterocycles. The molecule has 0 radical (unpaired) electrons. The molecular formula is C10H15BrN2O2. The second kappa shape index (κ2) is 6.61. The van der Waals surface area contributed by atoms with Crippen LogP contribution in [0.2, 0.25) is 0 Å². The topological polar surface area (TPSA) is 44.1 Å². The Bertz CT molecular complexity index is 312. The van der Waals surface area contributed by atoms with Crippen LogP contribution >= 0.6 is 15.9 Å². The smallest absolute Gasteiger partial charge is 0.358 e. The van der Waals surface area contributed by atoms with E-state index in [2.05, 4.69) is 25.7 Å². The Balaban J connectivity index is 2.36. The van der Waals surface area contributed by atoms with Gasteiger partial charge in [-0.3, -0.25) is 0 Å². The van der Waals surface area contributed by atoms with E-state index in [9.17, 15) is 4.79 Å². The largest absolute Gasteiger partial charge is 0.464 e. The highest BCUT2D eigenvalue weighted by atomic mass is 79.9. The summed E-state index contributed by atoms with van der Waals surface area (Å²) < 4.78 is 6.49. The normalized spacial score (nSPS) is 10.3. The number of aromatic nitrogens is 2. The highest BCUT2D eigenvalue weighted by Gasteiger charge is 2.08. The maximum absolute atomic E-state index is 11.1. The van der Waals surface area contributed by atoms with E-state index in [1.807, 2.05) is 4.57 Å². The Morgan fingerprint density at radius 3 is 3.00 bits per heavy atom. The monoisotopic (exact) mass is 274 g/mol. The van der Waals surface area contributed by atoms with Gasteiger partial charge in [0, 0.05) is 18.1 Å². The van der Waals surface area contributed by atoms with Gasteiger partial charge in [-0.25, -0.2) is 9.78 Å². The van der Waals surface area contributed by atoms with Crippen LogP contribution in [-0.2, 0) is 11.3 Å². The summed E-state index contributed by atoms with van der Waals surface area (Å²) in [5.41, 5.74) is 0.373. The highest BCUT2D eigenvalue weighted by Crippen LogP contribution is 2.03. The van der Waals surface area contributed by atoms with Gasteiger partial charge in [-0.2, -0.15) is 0 Å². The summed E-state index contributed by atoms with van der Waals surface area (Å²) in [5.74, 6) is -0.380. The zero-order chi connectivity index (χ0) is 11.1. The van der Waals surface area contributed by atoms with E-state index in [0.29, 0.717) is 5.69 Å². The fourth-order valence-corrected chi connectivity index (χ4v) is 1.65. The molecule has 0 unspecified atom stereocenters. The molecule has 1 rings (SSSR count). The minimum atomic E-state index is -0.380. The molecule has 1 aromatic rings. The third-order valence-corrected chi connectivity index (χ3v) is 2.64. The zero-order valence-electron chi connectivity index (χ0n) is 8.78. The first kappa shape index (κ1) is 12.2. The van der Waals surface area contributed by atoms with E-state index in [1.165, 1.54) is 20.0 Å². The summed E-state index contributed by atoms with van der Waals surface area (Å²) in [6.45, 7) is 0.900. The second-order valence-electron chi connectivity index (χ2n) is 3.24. The number of hydrogen-bond acceptors (Lipinski definition) is 3. The molecule has 15 heavy (non-hydrogen) atoms. The number of aryl methyl sites for hydroxylation is 1. The molecule has 0 bridgehead atoms. The number of hydrogen-bond donors (Lipinski definition) is 0. The van der Waals surface area contributed by atoms with Crippen LogP contribution in [0.1, 0.15) is 29.8 Å². The number of ether oxygens (including phenoxy) is 1. The Labute approximate surface area is 97.8 Å². The Kier molecular flexibility index (Phi) is 5.39. The Morgan fingerprint density at radius 2 is 2.33 bits per heavy atom. The van der Waals surface area contributed by atoms with Gasteiger partial charge in [-0.1, -0.05) is 22.4 Å². The van der Waals surface area contributed by atoms with Crippen LogP contribution in [0.25, 0.3) is 0 Å². The molecule has 0 aliphatic heterocycles. The molecule has 0 aliphatic carbocycles. The minimum absolute atomic E-state index is 0.373. The molecule has 0 aliphatic rings. The number of carbonyl (C=O) groups is 1. The third kappa shape index (κ3) is 4.03. The van der Waals surface area contributed by atoms with Gasteiger partial charge in [0.25, 0.3) is 0 Å². The number of nitrogens with zero attached hydrogens (tertiary/aromatic N) is 2. The van der Waals surface area contributed by atoms with Crippen molar-refractivity contribution >= 4 is 21.9 Å². The third-order valence-electron chi connectivity index (χ3n) is 2.08. The zero-order valence-corrected chi connectivity index (χ0v) is 10.4. The second-order valence-corrected chi connectivity index (χ2v) is 4.03. The minimum Gasteiger partial charge on any atom is -0.464 e. The van der Waals surface area contributed by atoms with E-state index in [0.717, 1.165) is 18.3 Å². The SMILES string of the molecule is COC(=O)c1cn(CCCCCBr)cn1. The van der Waals surface area contributed by atoms with Crippen molar-refractivity contribution in [3.05, 3.63) is 18.2 Å². The first-order valence-corrected chi connectivity index (χ1v) is 6.06. The summed E-state index contributed by atoms with van der Waals surface area (Å²) in [6, 6.07) is 0. The van der Waals surface area contributed by atoms with Gasteiger partial charge in [0.05, 0.1) is 13.4 Å². The molecular weight excluding hydrogens is 260 g/mol. The summed E-state index contributed by atoms with van der Waals surface area (Å²) in [5, 5.41) is 1.05. The molecule has 0 atom stereocenters. The maximum Gasteiger partial charge on any atom is 0.358 e. The molecule has 0 saturated carbocycles. The number of alkyl halides is 1. The van der Waals surface area contributed by atoms with Crippen molar-refractivity contribution in [2.75, 3.05) is 12.4 Å². The fourth-order valence-electron chi connectivity index (χ4n) is 1.26. The van der Waals surface area contributed by atoms with Crippen molar-refractivity contribution < 1.29 is 9.53 Å². The van der Waals surface area contributed by atoms with E-state index < -0.39 is 0 Å². The molecule has 0 spiro atoms. The van der Waals surface area contributed by atoms with Crippen molar-refractivity contribution in [2.45, 2.75) is 25.8 Å². The lowest BCUT2D eigenvalue weighted by molar-refractivity contribution is 0.0594. The number of unbranched alkanes of at least 4 members (excludes halogenated alkanes) is 2. The molecule has 84 valence electrons. The molecule has 0 aromatic carbocycles. The van der Waals surface area contributed by atoms with Crippen molar-refractivity contribution in [1.29, 1.82) is 0 Å². The van der Waals surface area contributed by atoms with Crippen molar-refractivity contribution in [3.63, 3.8) is 0 Å². The lowest BCUT2D eigenvalue weighted by Crippen LogP contribution is -2.01. The standard InChI is InChI=1S/C10H15BrN2O2/c1-15-10(14)9-7-13(8-12-9)6-4-2-3-5-11/h7-8H,2-6H2,1H3. The van der Waals surface area contributed by atoms with E-state index >= 15 is 0 Å². The summed E-state index contributed by atoms with van der Waals surface area (Å²) in [4.78, 5) is 15.1. The molecule has 0 fully saturated rings. The first-order chi connectivity index (χ1) is 7.27. The molecule has 4 nitrogen and oxygen atoms in total. The van der Waals surface area contributed by atoms with Gasteiger partial charge in [0.15, 0.2) is 5.69 Å². The number of halogens is 1. The van der Waals surface area contributed by atoms with E-state index in [4.69, 9.17) is 0 Å². The molecule has 0 saturated heterocycles. The van der Waals surface area contributed by atoms with Crippen LogP contribution < -0.4 is 0 Å². The predicted molar refractivity (Wildman–Crippen MR) is 61.2 cm³/mol. The number of imidazole rings is 1. The van der Waals surface area contributed by atoms with Crippen LogP contribution in [-0.4, -0.2) is 28.0 Å². The molecule has 1 aromatic heterocycles. The predicted octanol–water partition coefficient (Wildman–Crippen LogP) is 2.23. The van der Waals surface area contributed by atoms with Gasteiger partial charge in [-0.05, 0) is 12.8 Å². The van der Waals surface area contributed by atoms with Gasteiger partial charge in [0.2, 0.25) is 0 Å². The van der Waals surface area contributed by atoms with Crippen LogP contribution in [0.4, 0.5) is 0 Å². The number of methoxy groups -OCH3 is 1. The number of rotatable bonds is 6. The van der Waals surface area contributed by atoms with Gasteiger partial charge < -0.3 is 9.30 Å². The van der Waals surface area contributed by atoms with Crippen molar-refractivity contribution in [2.24, 2.45) is 0 Å². The van der Waals surface area contributed by atoms with E-state index in [-0.39, 0.29) is 5.97 Å². The van der Waals surface area contributed by atoms with Crippen molar-refractivity contribution in [1.82, 2.24) is 9.55 Å². The van der Waals surface area contributed by atoms with Crippen LogP contribution in [0.5, 0.6) is 0 Å². The van der Waals surface area contributed by atoms with Crippen LogP contribution in [0.3, 0.4) is 0 Å².